The zero-order valence-electron chi connectivity index (χ0n) is 13.8. The first-order valence-electron chi connectivity index (χ1n) is 8.42. The number of thioether (sulfide) groups is 1. The molecule has 5 nitrogen and oxygen atoms in total. The normalized spacial score (nSPS) is 32.6. The first kappa shape index (κ1) is 18.0. The molecule has 9 heteroatoms. The summed E-state index contributed by atoms with van der Waals surface area (Å²) in [5.41, 5.74) is 6.41. The van der Waals surface area contributed by atoms with Crippen molar-refractivity contribution in [1.29, 1.82) is 0 Å². The van der Waals surface area contributed by atoms with Crippen LogP contribution in [-0.2, 0) is 10.3 Å². The lowest BCUT2D eigenvalue weighted by atomic mass is 9.67. The lowest BCUT2D eigenvalue weighted by Crippen LogP contribution is -2.54. The number of nitrogens with zero attached hydrogens (tertiary/aromatic N) is 1. The number of aliphatic imine (C=N–C) groups is 1. The number of hydrogen-bond acceptors (Lipinski definition) is 5. The molecule has 1 fully saturated rings. The number of ether oxygens (including phenoxy) is 1. The molecule has 1 aromatic rings. The molecule has 1 aliphatic carbocycles. The van der Waals surface area contributed by atoms with Gasteiger partial charge in [0.05, 0.1) is 0 Å². The van der Waals surface area contributed by atoms with E-state index in [1.165, 1.54) is 11.8 Å². The first-order valence-corrected chi connectivity index (χ1v) is 10.2. The van der Waals surface area contributed by atoms with Crippen LogP contribution in [-0.4, -0.2) is 35.4 Å². The van der Waals surface area contributed by atoms with Crippen LogP contribution in [0.4, 0.5) is 8.78 Å². The molecule has 0 radical (unpaired) electrons. The second-order valence-electron chi connectivity index (χ2n) is 6.89. The van der Waals surface area contributed by atoms with Crippen molar-refractivity contribution in [3.63, 3.8) is 0 Å². The van der Waals surface area contributed by atoms with Crippen molar-refractivity contribution >= 4 is 38.8 Å². The molecule has 1 saturated carbocycles. The summed E-state index contributed by atoms with van der Waals surface area (Å²) in [6.45, 7) is 0. The highest BCUT2D eigenvalue weighted by Crippen LogP contribution is 2.54. The maximum Gasteiger partial charge on any atom is 0.315 e. The fourth-order valence-corrected chi connectivity index (χ4v) is 5.65. The second-order valence-corrected chi connectivity index (χ2v) is 8.80. The van der Waals surface area contributed by atoms with Gasteiger partial charge in [-0.2, -0.15) is 8.78 Å². The number of carbonyl (C=O) groups excluding carboxylic acids is 1. The number of carbonyl (C=O) groups is 1. The standard InChI is InChI=1S/C17H18BrF2N3O2S/c18-8-1-3-12-10(5-8)17(7-26-16(21)23-17)11-6-9(2-4-13(11)25-12)22-15(24)14(19)20/h1,3,5,9,11,13-14H,2,4,6-7H2,(H2,21,23)(H,22,24). The molecule has 0 saturated heterocycles. The highest BCUT2D eigenvalue weighted by Gasteiger charge is 2.54. The van der Waals surface area contributed by atoms with Crippen molar-refractivity contribution in [2.45, 2.75) is 43.4 Å². The maximum absolute atomic E-state index is 12.6. The van der Waals surface area contributed by atoms with E-state index in [2.05, 4.69) is 21.2 Å². The Balaban J connectivity index is 1.69. The lowest BCUT2D eigenvalue weighted by Gasteiger charge is -2.48. The molecule has 3 N–H and O–H groups in total. The van der Waals surface area contributed by atoms with Crippen molar-refractivity contribution in [2.24, 2.45) is 16.6 Å². The van der Waals surface area contributed by atoms with Gasteiger partial charge in [0.1, 0.15) is 17.4 Å². The minimum absolute atomic E-state index is 0.0328. The molecule has 2 heterocycles. The lowest BCUT2D eigenvalue weighted by molar-refractivity contribution is -0.133. The fourth-order valence-electron chi connectivity index (χ4n) is 4.26. The van der Waals surface area contributed by atoms with Crippen molar-refractivity contribution in [2.75, 3.05) is 5.75 Å². The first-order chi connectivity index (χ1) is 12.4. The predicted octanol–water partition coefficient (Wildman–Crippen LogP) is 3.02. The second kappa shape index (κ2) is 6.67. The number of alkyl halides is 2. The van der Waals surface area contributed by atoms with E-state index in [-0.39, 0.29) is 18.1 Å². The van der Waals surface area contributed by atoms with Gasteiger partial charge in [0.2, 0.25) is 0 Å². The van der Waals surface area contributed by atoms with Gasteiger partial charge < -0.3 is 15.8 Å². The van der Waals surface area contributed by atoms with E-state index >= 15 is 0 Å². The molecule has 1 amide bonds. The van der Waals surface area contributed by atoms with E-state index in [1.54, 1.807) is 0 Å². The summed E-state index contributed by atoms with van der Waals surface area (Å²) in [4.78, 5) is 16.2. The number of nitrogens with two attached hydrogens (primary N) is 1. The summed E-state index contributed by atoms with van der Waals surface area (Å²) in [6.07, 6.45) is -1.26. The summed E-state index contributed by atoms with van der Waals surface area (Å²) in [5, 5.41) is 2.99. The van der Waals surface area contributed by atoms with Gasteiger partial charge in [0.25, 0.3) is 5.91 Å². The topological polar surface area (TPSA) is 76.7 Å². The third-order valence-corrected chi connectivity index (χ3v) is 6.85. The van der Waals surface area contributed by atoms with Gasteiger partial charge in [-0.3, -0.25) is 4.79 Å². The van der Waals surface area contributed by atoms with Crippen LogP contribution in [0.2, 0.25) is 0 Å². The SMILES string of the molecule is NC1=NC2(CS1)c1cc(Br)ccc1OC1CCC(NC(=O)C(F)F)CC12. The van der Waals surface area contributed by atoms with E-state index in [0.717, 1.165) is 15.8 Å². The zero-order chi connectivity index (χ0) is 18.5. The monoisotopic (exact) mass is 445 g/mol. The molecule has 1 spiro atoms. The predicted molar refractivity (Wildman–Crippen MR) is 99.6 cm³/mol. The molecule has 4 unspecified atom stereocenters. The zero-order valence-corrected chi connectivity index (χ0v) is 16.2. The van der Waals surface area contributed by atoms with Gasteiger partial charge in [-0.25, -0.2) is 4.99 Å². The Labute approximate surface area is 162 Å². The van der Waals surface area contributed by atoms with Gasteiger partial charge in [-0.1, -0.05) is 27.7 Å². The summed E-state index contributed by atoms with van der Waals surface area (Å²) in [6, 6.07) is 5.54. The van der Waals surface area contributed by atoms with E-state index < -0.39 is 17.9 Å². The molecular formula is C17H18BrF2N3O2S. The van der Waals surface area contributed by atoms with Crippen LogP contribution in [0, 0.1) is 5.92 Å². The maximum atomic E-state index is 12.6. The Morgan fingerprint density at radius 3 is 2.96 bits per heavy atom. The van der Waals surface area contributed by atoms with Crippen molar-refractivity contribution in [1.82, 2.24) is 5.32 Å². The minimum Gasteiger partial charge on any atom is -0.490 e. The number of nitrogens with one attached hydrogen (secondary N) is 1. The average molecular weight is 446 g/mol. The number of amidine groups is 1. The van der Waals surface area contributed by atoms with Gasteiger partial charge in [-0.15, -0.1) is 0 Å². The Morgan fingerprint density at radius 2 is 2.27 bits per heavy atom. The fraction of sp³-hybridized carbons (Fsp3) is 0.529. The number of benzene rings is 1. The molecule has 26 heavy (non-hydrogen) atoms. The number of rotatable bonds is 2. The van der Waals surface area contributed by atoms with E-state index in [0.29, 0.717) is 30.2 Å². The van der Waals surface area contributed by atoms with Gasteiger partial charge in [0, 0.05) is 27.7 Å². The molecule has 3 aliphatic rings. The van der Waals surface area contributed by atoms with Gasteiger partial charge >= 0.3 is 6.43 Å². The molecule has 4 rings (SSSR count). The molecule has 4 atom stereocenters. The van der Waals surface area contributed by atoms with Crippen molar-refractivity contribution in [3.8, 4) is 5.75 Å². The Hall–Kier alpha value is -1.35. The van der Waals surface area contributed by atoms with Crippen LogP contribution >= 0.6 is 27.7 Å². The van der Waals surface area contributed by atoms with Gasteiger partial charge in [0.15, 0.2) is 5.17 Å². The summed E-state index contributed by atoms with van der Waals surface area (Å²) in [5.74, 6) is 0.229. The van der Waals surface area contributed by atoms with Crippen LogP contribution in [0.1, 0.15) is 24.8 Å². The molecule has 2 aliphatic heterocycles. The Morgan fingerprint density at radius 1 is 1.46 bits per heavy atom. The third kappa shape index (κ3) is 2.98. The number of hydrogen-bond donors (Lipinski definition) is 2. The van der Waals surface area contributed by atoms with E-state index in [4.69, 9.17) is 15.5 Å². The van der Waals surface area contributed by atoms with E-state index in [1.807, 2.05) is 18.2 Å². The van der Waals surface area contributed by atoms with Crippen LogP contribution in [0.15, 0.2) is 27.7 Å². The van der Waals surface area contributed by atoms with Gasteiger partial charge in [-0.05, 0) is 37.5 Å². The Kier molecular flexibility index (Phi) is 4.63. The summed E-state index contributed by atoms with van der Waals surface area (Å²) < 4.78 is 32.4. The highest BCUT2D eigenvalue weighted by molar-refractivity contribution is 9.10. The van der Waals surface area contributed by atoms with Crippen LogP contribution in [0.3, 0.4) is 0 Å². The highest BCUT2D eigenvalue weighted by atomic mass is 79.9. The molecule has 0 aromatic heterocycles. The van der Waals surface area contributed by atoms with E-state index in [9.17, 15) is 13.6 Å². The average Bonchev–Trinajstić information content (AvgIpc) is 2.99. The van der Waals surface area contributed by atoms with Crippen molar-refractivity contribution in [3.05, 3.63) is 28.2 Å². The largest absolute Gasteiger partial charge is 0.490 e. The smallest absolute Gasteiger partial charge is 0.315 e. The number of fused-ring (bicyclic) bond motifs is 4. The molecule has 140 valence electrons. The van der Waals surface area contributed by atoms with Crippen LogP contribution < -0.4 is 15.8 Å². The third-order valence-electron chi connectivity index (χ3n) is 5.38. The number of halogens is 3. The molecule has 0 bridgehead atoms. The summed E-state index contributed by atoms with van der Waals surface area (Å²) >= 11 is 5.00. The number of amides is 1. The van der Waals surface area contributed by atoms with Crippen LogP contribution in [0.5, 0.6) is 5.75 Å². The summed E-state index contributed by atoms with van der Waals surface area (Å²) in [7, 11) is 0. The Bertz CT molecular complexity index is 778. The van der Waals surface area contributed by atoms with Crippen molar-refractivity contribution < 1.29 is 18.3 Å². The minimum atomic E-state index is -3.00. The molecule has 1 aromatic carbocycles. The quantitative estimate of drug-likeness (QED) is 0.733. The molecular weight excluding hydrogens is 428 g/mol. The van der Waals surface area contributed by atoms with Crippen LogP contribution in [0.25, 0.3) is 0 Å².